The number of primary amides is 1. The van der Waals surface area contributed by atoms with Crippen LogP contribution in [0.4, 0.5) is 0 Å². The molecule has 0 bridgehead atoms. The maximum absolute atomic E-state index is 12.6. The number of hydrogen-bond acceptors (Lipinski definition) is 3. The van der Waals surface area contributed by atoms with Gasteiger partial charge in [0.15, 0.2) is 0 Å². The highest BCUT2D eigenvalue weighted by Gasteiger charge is 2.29. The number of carbonyl (C=O) groups is 2. The van der Waals surface area contributed by atoms with Crippen LogP contribution >= 0.6 is 0 Å². The summed E-state index contributed by atoms with van der Waals surface area (Å²) in [6.45, 7) is 2.64. The van der Waals surface area contributed by atoms with Gasteiger partial charge in [-0.05, 0) is 44.4 Å². The minimum atomic E-state index is -0.526. The normalized spacial score (nSPS) is 20.5. The van der Waals surface area contributed by atoms with Gasteiger partial charge in [-0.2, -0.15) is 0 Å². The molecule has 0 spiro atoms. The van der Waals surface area contributed by atoms with Crippen LogP contribution in [0.1, 0.15) is 46.9 Å². The molecular weight excluding hydrogens is 254 g/mol. The molecule has 1 aliphatic rings. The van der Waals surface area contributed by atoms with Crippen molar-refractivity contribution < 1.29 is 9.59 Å². The van der Waals surface area contributed by atoms with Gasteiger partial charge in [-0.1, -0.05) is 6.07 Å². The van der Waals surface area contributed by atoms with Crippen LogP contribution in [0.3, 0.4) is 0 Å². The quantitative estimate of drug-likeness (QED) is 0.866. The second kappa shape index (κ2) is 6.05. The van der Waals surface area contributed by atoms with Gasteiger partial charge in [-0.3, -0.25) is 9.59 Å². The summed E-state index contributed by atoms with van der Waals surface area (Å²) in [5, 5.41) is 0. The van der Waals surface area contributed by atoms with Gasteiger partial charge in [0.1, 0.15) is 0 Å². The Hall–Kier alpha value is -1.88. The fraction of sp³-hybridized carbons (Fsp3) is 0.467. The molecule has 1 aliphatic heterocycles. The van der Waals surface area contributed by atoms with Crippen LogP contribution in [-0.4, -0.2) is 35.3 Å². The topological polar surface area (TPSA) is 89.4 Å². The molecule has 0 radical (unpaired) electrons. The third-order valence-corrected chi connectivity index (χ3v) is 3.81. The van der Waals surface area contributed by atoms with Gasteiger partial charge in [0.2, 0.25) is 5.91 Å². The van der Waals surface area contributed by atoms with E-state index in [1.54, 1.807) is 24.3 Å². The van der Waals surface area contributed by atoms with E-state index in [1.807, 2.05) is 11.8 Å². The molecular formula is C15H21N3O2. The number of rotatable bonds is 3. The van der Waals surface area contributed by atoms with Crippen LogP contribution < -0.4 is 11.5 Å². The lowest BCUT2D eigenvalue weighted by atomic mass is 9.96. The van der Waals surface area contributed by atoms with Crippen molar-refractivity contribution in [3.63, 3.8) is 0 Å². The molecule has 2 unspecified atom stereocenters. The van der Waals surface area contributed by atoms with E-state index in [4.69, 9.17) is 11.5 Å². The molecule has 5 heteroatoms. The maximum atomic E-state index is 12.6. The van der Waals surface area contributed by atoms with Crippen molar-refractivity contribution in [1.82, 2.24) is 4.90 Å². The Morgan fingerprint density at radius 3 is 2.65 bits per heavy atom. The van der Waals surface area contributed by atoms with Crippen LogP contribution in [0, 0.1) is 0 Å². The predicted octanol–water partition coefficient (Wildman–Crippen LogP) is 1.13. The van der Waals surface area contributed by atoms with Crippen molar-refractivity contribution >= 4 is 11.8 Å². The molecule has 0 saturated carbocycles. The molecule has 1 aromatic rings. The first kappa shape index (κ1) is 14.5. The lowest BCUT2D eigenvalue weighted by Crippen LogP contribution is -2.51. The van der Waals surface area contributed by atoms with Crippen LogP contribution in [0.5, 0.6) is 0 Å². The molecule has 1 heterocycles. The first-order chi connectivity index (χ1) is 9.50. The van der Waals surface area contributed by atoms with E-state index in [0.717, 1.165) is 19.3 Å². The van der Waals surface area contributed by atoms with E-state index in [2.05, 4.69) is 0 Å². The number of amides is 2. The number of nitrogens with zero attached hydrogens (tertiary/aromatic N) is 1. The van der Waals surface area contributed by atoms with Crippen LogP contribution in [-0.2, 0) is 0 Å². The number of benzene rings is 1. The third-order valence-electron chi connectivity index (χ3n) is 3.81. The summed E-state index contributed by atoms with van der Waals surface area (Å²) < 4.78 is 0. The molecule has 4 N–H and O–H groups in total. The lowest BCUT2D eigenvalue weighted by molar-refractivity contribution is 0.0584. The zero-order chi connectivity index (χ0) is 14.7. The van der Waals surface area contributed by atoms with Gasteiger partial charge in [0.05, 0.1) is 0 Å². The van der Waals surface area contributed by atoms with Gasteiger partial charge in [0, 0.05) is 29.8 Å². The van der Waals surface area contributed by atoms with Crippen molar-refractivity contribution in [2.75, 3.05) is 6.54 Å². The molecule has 108 valence electrons. The van der Waals surface area contributed by atoms with E-state index >= 15 is 0 Å². The fourth-order valence-electron chi connectivity index (χ4n) is 2.73. The van der Waals surface area contributed by atoms with Crippen molar-refractivity contribution in [2.24, 2.45) is 11.5 Å². The van der Waals surface area contributed by atoms with Gasteiger partial charge in [0.25, 0.3) is 5.91 Å². The molecule has 20 heavy (non-hydrogen) atoms. The number of piperidine rings is 1. The van der Waals surface area contributed by atoms with Gasteiger partial charge >= 0.3 is 0 Å². The van der Waals surface area contributed by atoms with Crippen molar-refractivity contribution in [1.29, 1.82) is 0 Å². The van der Waals surface area contributed by atoms with Gasteiger partial charge < -0.3 is 16.4 Å². The Labute approximate surface area is 118 Å². The van der Waals surface area contributed by atoms with Gasteiger partial charge in [-0.15, -0.1) is 0 Å². The minimum absolute atomic E-state index is 0.0569. The van der Waals surface area contributed by atoms with Gasteiger partial charge in [-0.25, -0.2) is 0 Å². The van der Waals surface area contributed by atoms with Crippen LogP contribution in [0.25, 0.3) is 0 Å². The van der Waals surface area contributed by atoms with E-state index in [-0.39, 0.29) is 18.0 Å². The molecule has 2 amide bonds. The average molecular weight is 275 g/mol. The number of likely N-dealkylation sites (tertiary alicyclic amines) is 1. The van der Waals surface area contributed by atoms with Crippen molar-refractivity contribution in [3.05, 3.63) is 35.4 Å². The Bertz CT molecular complexity index is 514. The zero-order valence-corrected chi connectivity index (χ0v) is 11.7. The second-order valence-electron chi connectivity index (χ2n) is 5.37. The summed E-state index contributed by atoms with van der Waals surface area (Å²) in [6.07, 6.45) is 3.01. The summed E-state index contributed by atoms with van der Waals surface area (Å²) in [5.41, 5.74) is 12.1. The molecule has 1 saturated heterocycles. The summed E-state index contributed by atoms with van der Waals surface area (Å²) >= 11 is 0. The lowest BCUT2D eigenvalue weighted by Gasteiger charge is -2.38. The molecule has 5 nitrogen and oxygen atoms in total. The third kappa shape index (κ3) is 2.99. The monoisotopic (exact) mass is 275 g/mol. The molecule has 2 atom stereocenters. The highest BCUT2D eigenvalue weighted by molar-refractivity contribution is 5.99. The number of carbonyl (C=O) groups excluding carboxylic acids is 2. The van der Waals surface area contributed by atoms with E-state index in [9.17, 15) is 9.59 Å². The van der Waals surface area contributed by atoms with E-state index in [1.165, 1.54) is 0 Å². The van der Waals surface area contributed by atoms with Crippen LogP contribution in [0.15, 0.2) is 24.3 Å². The molecule has 2 rings (SSSR count). The molecule has 1 aromatic carbocycles. The summed E-state index contributed by atoms with van der Waals surface area (Å²) in [7, 11) is 0. The first-order valence-corrected chi connectivity index (χ1v) is 6.97. The van der Waals surface area contributed by atoms with Crippen molar-refractivity contribution in [3.8, 4) is 0 Å². The summed E-state index contributed by atoms with van der Waals surface area (Å²) in [4.78, 5) is 25.6. The standard InChI is InChI=1S/C15H21N3O2/c1-10(16)13-7-2-3-8-18(13)15(20)12-6-4-5-11(9-12)14(17)19/h4-6,9-10,13H,2-3,7-8,16H2,1H3,(H2,17,19). The Morgan fingerprint density at radius 2 is 2.00 bits per heavy atom. The molecule has 0 aliphatic carbocycles. The number of nitrogens with two attached hydrogens (primary N) is 2. The fourth-order valence-corrected chi connectivity index (χ4v) is 2.73. The number of hydrogen-bond donors (Lipinski definition) is 2. The largest absolute Gasteiger partial charge is 0.366 e. The zero-order valence-electron chi connectivity index (χ0n) is 11.7. The molecule has 0 aromatic heterocycles. The smallest absolute Gasteiger partial charge is 0.254 e. The first-order valence-electron chi connectivity index (χ1n) is 6.97. The minimum Gasteiger partial charge on any atom is -0.366 e. The average Bonchev–Trinajstić information content (AvgIpc) is 2.46. The second-order valence-corrected chi connectivity index (χ2v) is 5.37. The van der Waals surface area contributed by atoms with E-state index in [0.29, 0.717) is 17.7 Å². The summed E-state index contributed by atoms with van der Waals surface area (Å²) in [5.74, 6) is -0.600. The Balaban J connectivity index is 2.25. The molecule has 1 fully saturated rings. The predicted molar refractivity (Wildman–Crippen MR) is 77.3 cm³/mol. The Morgan fingerprint density at radius 1 is 1.30 bits per heavy atom. The highest BCUT2D eigenvalue weighted by atomic mass is 16.2. The SMILES string of the molecule is CC(N)C1CCCCN1C(=O)c1cccc(C(N)=O)c1. The van der Waals surface area contributed by atoms with Crippen LogP contribution in [0.2, 0.25) is 0 Å². The highest BCUT2D eigenvalue weighted by Crippen LogP contribution is 2.21. The van der Waals surface area contributed by atoms with E-state index < -0.39 is 5.91 Å². The Kier molecular flexibility index (Phi) is 4.39. The van der Waals surface area contributed by atoms with Crippen molar-refractivity contribution in [2.45, 2.75) is 38.3 Å². The maximum Gasteiger partial charge on any atom is 0.254 e. The summed E-state index contributed by atoms with van der Waals surface area (Å²) in [6, 6.07) is 6.56.